The molecule has 1 fully saturated rings. The molecule has 184 valence electrons. The van der Waals surface area contributed by atoms with Crippen molar-refractivity contribution in [3.63, 3.8) is 0 Å². The zero-order valence-electron chi connectivity index (χ0n) is 21.7. The smallest absolute Gasteiger partial charge is 0.227 e. The molecule has 5 heteroatoms. The lowest BCUT2D eigenvalue weighted by Crippen LogP contribution is -2.40. The molecular weight excluding hydrogens is 436 g/mol. The molecule has 0 spiro atoms. The summed E-state index contributed by atoms with van der Waals surface area (Å²) in [5, 5.41) is 0.337. The van der Waals surface area contributed by atoms with Crippen LogP contribution in [-0.2, 0) is 22.4 Å². The van der Waals surface area contributed by atoms with Crippen molar-refractivity contribution in [2.75, 3.05) is 26.2 Å². The van der Waals surface area contributed by atoms with Crippen molar-refractivity contribution in [2.24, 2.45) is 5.92 Å². The van der Waals surface area contributed by atoms with Crippen molar-refractivity contribution in [3.05, 3.63) is 71.8 Å². The van der Waals surface area contributed by atoms with E-state index >= 15 is 0 Å². The number of carbonyl (C=O) groups is 2. The highest BCUT2D eigenvalue weighted by atomic mass is 28.3. The topological polar surface area (TPSA) is 40.6 Å². The van der Waals surface area contributed by atoms with E-state index in [2.05, 4.69) is 33.9 Å². The zero-order chi connectivity index (χ0) is 24.8. The lowest BCUT2D eigenvalue weighted by atomic mass is 10.0. The Morgan fingerprint density at radius 1 is 0.794 bits per heavy atom. The third-order valence-electron chi connectivity index (χ3n) is 7.91. The Balaban J connectivity index is 1.72. The van der Waals surface area contributed by atoms with Crippen LogP contribution in [0, 0.1) is 5.92 Å². The molecule has 0 bridgehead atoms. The molecular formula is C29H42N2O2Si. The molecule has 2 aromatic carbocycles. The molecule has 0 saturated carbocycles. The largest absolute Gasteiger partial charge is 0.340 e. The van der Waals surface area contributed by atoms with Gasteiger partial charge in [-0.05, 0) is 28.5 Å². The van der Waals surface area contributed by atoms with Gasteiger partial charge in [-0.25, -0.2) is 0 Å². The van der Waals surface area contributed by atoms with Gasteiger partial charge in [-0.2, -0.15) is 0 Å². The van der Waals surface area contributed by atoms with Gasteiger partial charge in [0.1, 0.15) is 0 Å². The molecule has 1 saturated heterocycles. The average molecular weight is 479 g/mol. The van der Waals surface area contributed by atoms with Gasteiger partial charge in [0.2, 0.25) is 11.8 Å². The van der Waals surface area contributed by atoms with Crippen LogP contribution >= 0.6 is 0 Å². The normalized spacial score (nSPS) is 15.8. The number of hydrogen-bond acceptors (Lipinski definition) is 2. The van der Waals surface area contributed by atoms with E-state index in [4.69, 9.17) is 0 Å². The third-order valence-corrected chi connectivity index (χ3v) is 13.5. The third kappa shape index (κ3) is 7.30. The molecule has 0 N–H and O–H groups in total. The van der Waals surface area contributed by atoms with E-state index in [1.165, 1.54) is 6.04 Å². The van der Waals surface area contributed by atoms with Crippen LogP contribution in [0.5, 0.6) is 0 Å². The Labute approximate surface area is 207 Å². The molecule has 1 aliphatic rings. The molecule has 3 rings (SSSR count). The van der Waals surface area contributed by atoms with Gasteiger partial charge in [0.05, 0.1) is 20.9 Å². The Kier molecular flexibility index (Phi) is 8.75. The fourth-order valence-electron chi connectivity index (χ4n) is 4.45. The van der Waals surface area contributed by atoms with Crippen molar-refractivity contribution < 1.29 is 9.59 Å². The van der Waals surface area contributed by atoms with E-state index in [1.54, 1.807) is 0 Å². The number of hydrogen-bond donors (Lipinski definition) is 0. The van der Waals surface area contributed by atoms with Crippen LogP contribution in [-0.4, -0.2) is 55.9 Å². The van der Waals surface area contributed by atoms with Crippen LogP contribution in [0.2, 0.25) is 24.2 Å². The summed E-state index contributed by atoms with van der Waals surface area (Å²) in [4.78, 5) is 30.5. The summed E-state index contributed by atoms with van der Waals surface area (Å²) in [6, 6.07) is 21.2. The second kappa shape index (κ2) is 11.3. The number of rotatable bonds is 7. The zero-order valence-corrected chi connectivity index (χ0v) is 22.7. The summed E-state index contributed by atoms with van der Waals surface area (Å²) in [5.74, 6) is 0.651. The molecule has 0 unspecified atom stereocenters. The summed E-state index contributed by atoms with van der Waals surface area (Å²) < 4.78 is 0. The molecule has 1 aliphatic heterocycles. The van der Waals surface area contributed by atoms with Gasteiger partial charge in [-0.3, -0.25) is 9.59 Å². The van der Waals surface area contributed by atoms with E-state index in [-0.39, 0.29) is 11.8 Å². The highest BCUT2D eigenvalue weighted by Crippen LogP contribution is 2.40. The maximum Gasteiger partial charge on any atom is 0.227 e. The second-order valence-corrected chi connectivity index (χ2v) is 17.3. The van der Waals surface area contributed by atoms with Crippen molar-refractivity contribution in [3.8, 4) is 0 Å². The molecule has 0 aromatic heterocycles. The summed E-state index contributed by atoms with van der Waals surface area (Å²) in [7, 11) is -1.43. The molecule has 34 heavy (non-hydrogen) atoms. The van der Waals surface area contributed by atoms with Crippen LogP contribution in [0.25, 0.3) is 0 Å². The van der Waals surface area contributed by atoms with Crippen molar-refractivity contribution in [1.29, 1.82) is 0 Å². The molecule has 2 aromatic rings. The first kappa shape index (κ1) is 26.2. The first-order valence-electron chi connectivity index (χ1n) is 12.7. The molecule has 0 atom stereocenters. The van der Waals surface area contributed by atoms with Gasteiger partial charge in [-0.15, -0.1) is 0 Å². The lowest BCUT2D eigenvalue weighted by molar-refractivity contribution is -0.132. The highest BCUT2D eigenvalue weighted by Gasteiger charge is 2.36. The Bertz CT molecular complexity index is 874. The maximum atomic E-state index is 13.2. The quantitative estimate of drug-likeness (QED) is 0.482. The van der Waals surface area contributed by atoms with E-state index < -0.39 is 8.07 Å². The number of benzene rings is 2. The molecule has 2 amide bonds. The number of amides is 2. The van der Waals surface area contributed by atoms with Crippen LogP contribution in [0.1, 0.15) is 38.3 Å². The van der Waals surface area contributed by atoms with Crippen LogP contribution in [0.3, 0.4) is 0 Å². The van der Waals surface area contributed by atoms with Gasteiger partial charge in [0, 0.05) is 26.2 Å². The molecule has 0 radical (unpaired) electrons. The maximum absolute atomic E-state index is 13.2. The standard InChI is InChI=1S/C29H42N2O2Si/c1-29(2,3)34(4,5)19-16-26-22-30(27(32)20-24-12-8-6-9-13-24)17-18-31(23-26)28(33)21-25-14-10-7-11-15-25/h6-15,26H,16-23H2,1-5H3. The summed E-state index contributed by atoms with van der Waals surface area (Å²) >= 11 is 0. The summed E-state index contributed by atoms with van der Waals surface area (Å²) in [6.07, 6.45) is 1.92. The van der Waals surface area contributed by atoms with Crippen LogP contribution < -0.4 is 0 Å². The summed E-state index contributed by atoms with van der Waals surface area (Å²) in [5.41, 5.74) is 2.10. The molecule has 1 heterocycles. The Hall–Kier alpha value is -2.40. The van der Waals surface area contributed by atoms with E-state index in [9.17, 15) is 9.59 Å². The minimum absolute atomic E-state index is 0.167. The number of carbonyl (C=O) groups excluding carboxylic acids is 2. The predicted octanol–water partition coefficient (Wildman–Crippen LogP) is 5.66. The number of nitrogens with zero attached hydrogens (tertiary/aromatic N) is 2. The Morgan fingerprint density at radius 3 is 1.59 bits per heavy atom. The minimum Gasteiger partial charge on any atom is -0.340 e. The fraction of sp³-hybridized carbons (Fsp3) is 0.517. The van der Waals surface area contributed by atoms with Gasteiger partial charge >= 0.3 is 0 Å². The van der Waals surface area contributed by atoms with Crippen LogP contribution in [0.15, 0.2) is 60.7 Å². The summed E-state index contributed by atoms with van der Waals surface area (Å²) in [6.45, 7) is 14.7. The van der Waals surface area contributed by atoms with Gasteiger partial charge in [-0.1, -0.05) is 101 Å². The molecule has 0 aliphatic carbocycles. The second-order valence-electron chi connectivity index (χ2n) is 11.5. The lowest BCUT2D eigenvalue weighted by Gasteiger charge is -2.38. The Morgan fingerprint density at radius 2 is 1.21 bits per heavy atom. The molecule has 4 nitrogen and oxygen atoms in total. The fourth-order valence-corrected chi connectivity index (χ4v) is 6.33. The van der Waals surface area contributed by atoms with Crippen molar-refractivity contribution in [2.45, 2.75) is 64.2 Å². The predicted molar refractivity (Wildman–Crippen MR) is 144 cm³/mol. The van der Waals surface area contributed by atoms with Crippen LogP contribution in [0.4, 0.5) is 0 Å². The SMILES string of the molecule is CC(C)(C)[Si](C)(C)CCC1CN(C(=O)Cc2ccccc2)CCN(C(=O)Cc2ccccc2)C1. The monoisotopic (exact) mass is 478 g/mol. The van der Waals surface area contributed by atoms with Crippen molar-refractivity contribution >= 4 is 19.9 Å². The van der Waals surface area contributed by atoms with Crippen molar-refractivity contribution in [1.82, 2.24) is 9.80 Å². The highest BCUT2D eigenvalue weighted by molar-refractivity contribution is 6.80. The first-order chi connectivity index (χ1) is 16.0. The van der Waals surface area contributed by atoms with Gasteiger partial charge in [0.25, 0.3) is 0 Å². The minimum atomic E-state index is -1.43. The van der Waals surface area contributed by atoms with E-state index in [1.807, 2.05) is 70.5 Å². The van der Waals surface area contributed by atoms with Gasteiger partial charge < -0.3 is 9.80 Å². The van der Waals surface area contributed by atoms with E-state index in [0.29, 0.717) is 36.9 Å². The first-order valence-corrected chi connectivity index (χ1v) is 15.9. The van der Waals surface area contributed by atoms with E-state index in [0.717, 1.165) is 30.6 Å². The average Bonchev–Trinajstić information content (AvgIpc) is 3.01. The van der Waals surface area contributed by atoms with Gasteiger partial charge in [0.15, 0.2) is 0 Å².